The van der Waals surface area contributed by atoms with Crippen LogP contribution in [0.1, 0.15) is 24.1 Å². The van der Waals surface area contributed by atoms with Crippen LogP contribution in [0.4, 0.5) is 8.78 Å². The first-order valence-electron chi connectivity index (χ1n) is 7.52. The van der Waals surface area contributed by atoms with Gasteiger partial charge in [-0.2, -0.15) is 0 Å². The van der Waals surface area contributed by atoms with Crippen LogP contribution in [0, 0.1) is 11.6 Å². The number of nitrogens with zero attached hydrogens (tertiary/aromatic N) is 1. The lowest BCUT2D eigenvalue weighted by Crippen LogP contribution is -2.36. The van der Waals surface area contributed by atoms with Gasteiger partial charge in [-0.15, -0.1) is 0 Å². The Bertz CT molecular complexity index is 707. The summed E-state index contributed by atoms with van der Waals surface area (Å²) < 4.78 is 26.7. The van der Waals surface area contributed by atoms with Gasteiger partial charge in [-0.25, -0.2) is 8.78 Å². The molecule has 0 radical (unpaired) electrons. The van der Waals surface area contributed by atoms with Crippen LogP contribution >= 0.6 is 11.6 Å². The molecule has 2 rings (SSSR count). The number of nitrogens with one attached hydrogen (secondary N) is 1. The van der Waals surface area contributed by atoms with Gasteiger partial charge >= 0.3 is 0 Å². The highest BCUT2D eigenvalue weighted by atomic mass is 35.5. The Hall–Kier alpha value is -1.98. The van der Waals surface area contributed by atoms with E-state index in [9.17, 15) is 13.6 Å². The topological polar surface area (TPSA) is 32.3 Å². The molecule has 0 fully saturated rings. The second-order valence-electron chi connectivity index (χ2n) is 5.75. The fourth-order valence-electron chi connectivity index (χ4n) is 2.42. The van der Waals surface area contributed by atoms with Crippen LogP contribution in [0.25, 0.3) is 0 Å². The first kappa shape index (κ1) is 18.4. The lowest BCUT2D eigenvalue weighted by Gasteiger charge is -2.19. The summed E-state index contributed by atoms with van der Waals surface area (Å²) in [5.74, 6) is -1.54. The molecule has 0 heterocycles. The largest absolute Gasteiger partial charge is 0.348 e. The second-order valence-corrected chi connectivity index (χ2v) is 6.19. The highest BCUT2D eigenvalue weighted by molar-refractivity contribution is 6.30. The maximum Gasteiger partial charge on any atom is 0.234 e. The zero-order chi connectivity index (χ0) is 17.7. The molecule has 1 atom stereocenters. The Labute approximate surface area is 145 Å². The lowest BCUT2D eigenvalue weighted by molar-refractivity contribution is -0.122. The molecular weight excluding hydrogens is 334 g/mol. The molecule has 6 heteroatoms. The van der Waals surface area contributed by atoms with Gasteiger partial charge in [0.05, 0.1) is 12.6 Å². The normalized spacial score (nSPS) is 12.2. The van der Waals surface area contributed by atoms with Crippen molar-refractivity contribution in [2.45, 2.75) is 19.5 Å². The highest BCUT2D eigenvalue weighted by Crippen LogP contribution is 2.17. The molecule has 0 bridgehead atoms. The zero-order valence-electron chi connectivity index (χ0n) is 13.5. The summed E-state index contributed by atoms with van der Waals surface area (Å²) in [5, 5.41) is 3.38. The molecule has 0 aromatic heterocycles. The van der Waals surface area contributed by atoms with E-state index in [1.807, 2.05) is 24.1 Å². The van der Waals surface area contributed by atoms with E-state index in [4.69, 9.17) is 11.6 Å². The molecule has 2 aromatic carbocycles. The summed E-state index contributed by atoms with van der Waals surface area (Å²) in [6, 6.07) is 10.2. The minimum Gasteiger partial charge on any atom is -0.348 e. The predicted molar refractivity (Wildman–Crippen MR) is 90.7 cm³/mol. The number of amides is 1. The fraction of sp³-hybridized carbons (Fsp3) is 0.278. The lowest BCUT2D eigenvalue weighted by atomic mass is 10.1. The Morgan fingerprint density at radius 2 is 1.88 bits per heavy atom. The van der Waals surface area contributed by atoms with E-state index in [0.717, 1.165) is 11.6 Å². The van der Waals surface area contributed by atoms with Crippen molar-refractivity contribution < 1.29 is 13.6 Å². The van der Waals surface area contributed by atoms with Crippen LogP contribution in [0.15, 0.2) is 42.5 Å². The van der Waals surface area contributed by atoms with Crippen LogP contribution < -0.4 is 5.32 Å². The summed E-state index contributed by atoms with van der Waals surface area (Å²) in [5.41, 5.74) is 1.29. The van der Waals surface area contributed by atoms with E-state index in [1.54, 1.807) is 19.1 Å². The molecular formula is C18H19ClF2N2O. The van der Waals surface area contributed by atoms with Crippen LogP contribution in [0.2, 0.25) is 5.02 Å². The van der Waals surface area contributed by atoms with Gasteiger partial charge < -0.3 is 5.32 Å². The Morgan fingerprint density at radius 1 is 1.21 bits per heavy atom. The smallest absolute Gasteiger partial charge is 0.234 e. The molecule has 0 saturated carbocycles. The molecule has 0 aliphatic carbocycles. The summed E-state index contributed by atoms with van der Waals surface area (Å²) in [4.78, 5) is 13.9. The van der Waals surface area contributed by atoms with Crippen molar-refractivity contribution in [2.75, 3.05) is 13.6 Å². The molecule has 0 aliphatic heterocycles. The van der Waals surface area contributed by atoms with Gasteiger partial charge in [-0.05, 0) is 37.7 Å². The molecule has 3 nitrogen and oxygen atoms in total. The highest BCUT2D eigenvalue weighted by Gasteiger charge is 2.15. The molecule has 0 saturated heterocycles. The zero-order valence-corrected chi connectivity index (χ0v) is 14.3. The van der Waals surface area contributed by atoms with Crippen LogP contribution in [0.3, 0.4) is 0 Å². The van der Waals surface area contributed by atoms with Crippen molar-refractivity contribution in [2.24, 2.45) is 0 Å². The third-order valence-electron chi connectivity index (χ3n) is 3.59. The average Bonchev–Trinajstić information content (AvgIpc) is 2.49. The van der Waals surface area contributed by atoms with Crippen LogP contribution in [0.5, 0.6) is 0 Å². The maximum atomic E-state index is 13.7. The SMILES string of the molecule is C[C@@H](NC(=O)CN(C)Cc1ccc(Cl)cc1)c1ccc(F)cc1F. The van der Waals surface area contributed by atoms with E-state index in [1.165, 1.54) is 12.1 Å². The number of hydrogen-bond donors (Lipinski definition) is 1. The summed E-state index contributed by atoms with van der Waals surface area (Å²) in [6.07, 6.45) is 0. The van der Waals surface area contributed by atoms with Crippen molar-refractivity contribution >= 4 is 17.5 Å². The molecule has 128 valence electrons. The Kier molecular flexibility index (Phi) is 6.29. The van der Waals surface area contributed by atoms with Gasteiger partial charge in [0, 0.05) is 23.2 Å². The Morgan fingerprint density at radius 3 is 2.50 bits per heavy atom. The third kappa shape index (κ3) is 5.28. The average molecular weight is 353 g/mol. The van der Waals surface area contributed by atoms with Gasteiger partial charge in [-0.3, -0.25) is 9.69 Å². The van der Waals surface area contributed by atoms with E-state index < -0.39 is 17.7 Å². The minimum atomic E-state index is -0.669. The van der Waals surface area contributed by atoms with Crippen LogP contribution in [-0.4, -0.2) is 24.4 Å². The molecule has 0 aliphatic rings. The number of benzene rings is 2. The van der Waals surface area contributed by atoms with E-state index in [2.05, 4.69) is 5.32 Å². The van der Waals surface area contributed by atoms with E-state index in [0.29, 0.717) is 11.6 Å². The second kappa shape index (κ2) is 8.22. The van der Waals surface area contributed by atoms with Gasteiger partial charge in [0.15, 0.2) is 0 Å². The summed E-state index contributed by atoms with van der Waals surface area (Å²) in [6.45, 7) is 2.41. The first-order chi connectivity index (χ1) is 11.3. The van der Waals surface area contributed by atoms with Crippen LogP contribution in [-0.2, 0) is 11.3 Å². The maximum absolute atomic E-state index is 13.7. The predicted octanol–water partition coefficient (Wildman–Crippen LogP) is 3.93. The number of hydrogen-bond acceptors (Lipinski definition) is 2. The number of carbonyl (C=O) groups is 1. The van der Waals surface area contributed by atoms with E-state index >= 15 is 0 Å². The quantitative estimate of drug-likeness (QED) is 0.854. The number of likely N-dealkylation sites (N-methyl/N-ethyl adjacent to an activating group) is 1. The monoisotopic (exact) mass is 352 g/mol. The third-order valence-corrected chi connectivity index (χ3v) is 3.84. The number of carbonyl (C=O) groups excluding carboxylic acids is 1. The standard InChI is InChI=1S/C18H19ClF2N2O/c1-12(16-8-7-15(20)9-17(16)21)22-18(24)11-23(2)10-13-3-5-14(19)6-4-13/h3-9,12H,10-11H2,1-2H3,(H,22,24)/t12-/m1/s1. The molecule has 1 N–H and O–H groups in total. The van der Waals surface area contributed by atoms with E-state index in [-0.39, 0.29) is 18.0 Å². The van der Waals surface area contributed by atoms with Crippen molar-refractivity contribution in [1.82, 2.24) is 10.2 Å². The van der Waals surface area contributed by atoms with Gasteiger partial charge in [0.2, 0.25) is 5.91 Å². The summed E-state index contributed by atoms with van der Waals surface area (Å²) in [7, 11) is 1.82. The van der Waals surface area contributed by atoms with Crippen molar-refractivity contribution in [1.29, 1.82) is 0 Å². The van der Waals surface area contributed by atoms with Crippen molar-refractivity contribution in [3.8, 4) is 0 Å². The molecule has 2 aromatic rings. The van der Waals surface area contributed by atoms with Gasteiger partial charge in [-0.1, -0.05) is 29.8 Å². The number of rotatable bonds is 6. The molecule has 0 unspecified atom stereocenters. The molecule has 24 heavy (non-hydrogen) atoms. The van der Waals surface area contributed by atoms with Crippen molar-refractivity contribution in [3.05, 3.63) is 70.2 Å². The Balaban J connectivity index is 1.88. The first-order valence-corrected chi connectivity index (χ1v) is 7.90. The van der Waals surface area contributed by atoms with Gasteiger partial charge in [0.25, 0.3) is 0 Å². The number of halogens is 3. The minimum absolute atomic E-state index is 0.162. The van der Waals surface area contributed by atoms with Gasteiger partial charge in [0.1, 0.15) is 11.6 Å². The molecule has 0 spiro atoms. The van der Waals surface area contributed by atoms with Crippen molar-refractivity contribution in [3.63, 3.8) is 0 Å². The fourth-order valence-corrected chi connectivity index (χ4v) is 2.55. The molecule has 1 amide bonds. The summed E-state index contributed by atoms with van der Waals surface area (Å²) >= 11 is 5.84.